The molecule has 1 fully saturated rings. The van der Waals surface area contributed by atoms with E-state index in [0.717, 1.165) is 11.3 Å². The Kier molecular flexibility index (Phi) is 3.12. The Balaban J connectivity index is 1.90. The summed E-state index contributed by atoms with van der Waals surface area (Å²) in [7, 11) is 0. The Morgan fingerprint density at radius 3 is 2.35 bits per heavy atom. The van der Waals surface area contributed by atoms with E-state index in [1.165, 1.54) is 5.01 Å². The largest absolute Gasteiger partial charge is 0.338 e. The summed E-state index contributed by atoms with van der Waals surface area (Å²) in [5.74, 6) is 0. The monoisotopic (exact) mass is 287 g/mol. The average Bonchev–Trinajstić information content (AvgIpc) is 2.77. The van der Waals surface area contributed by atoms with Crippen LogP contribution in [-0.4, -0.2) is 6.03 Å². The summed E-state index contributed by atoms with van der Waals surface area (Å²) in [6, 6.07) is 16.7. The van der Waals surface area contributed by atoms with Crippen LogP contribution < -0.4 is 15.8 Å². The first-order chi connectivity index (χ1) is 9.58. The normalized spacial score (nSPS) is 21.9. The van der Waals surface area contributed by atoms with Gasteiger partial charge in [0.05, 0.1) is 5.69 Å². The Hall–Kier alpha value is -2.04. The van der Waals surface area contributed by atoms with E-state index in [-0.39, 0.29) is 6.03 Å². The van der Waals surface area contributed by atoms with Gasteiger partial charge in [-0.2, -0.15) is 5.43 Å². The smallest absolute Gasteiger partial charge is 0.313 e. The van der Waals surface area contributed by atoms with Gasteiger partial charge in [0, 0.05) is 5.02 Å². The molecular weight excluding hydrogens is 274 g/mol. The first kappa shape index (κ1) is 13.0. The molecule has 1 heterocycles. The van der Waals surface area contributed by atoms with Crippen molar-refractivity contribution in [1.29, 1.82) is 0 Å². The third-order valence-electron chi connectivity index (χ3n) is 3.33. The molecule has 0 saturated carbocycles. The number of nitrogens with one attached hydrogen (secondary N) is 2. The lowest BCUT2D eigenvalue weighted by molar-refractivity contribution is 0.248. The van der Waals surface area contributed by atoms with Gasteiger partial charge in [0.2, 0.25) is 0 Å². The molecule has 0 aliphatic carbocycles. The summed E-state index contributed by atoms with van der Waals surface area (Å²) in [6.45, 7) is 1.93. The number of urea groups is 1. The summed E-state index contributed by atoms with van der Waals surface area (Å²) in [4.78, 5) is 12.2. The molecule has 3 rings (SSSR count). The van der Waals surface area contributed by atoms with Crippen LogP contribution in [0.3, 0.4) is 0 Å². The van der Waals surface area contributed by atoms with Crippen molar-refractivity contribution >= 4 is 23.3 Å². The molecule has 2 N–H and O–H groups in total. The van der Waals surface area contributed by atoms with Crippen molar-refractivity contribution in [2.24, 2.45) is 0 Å². The van der Waals surface area contributed by atoms with Crippen LogP contribution in [-0.2, 0) is 5.66 Å². The number of halogens is 1. The van der Waals surface area contributed by atoms with E-state index in [2.05, 4.69) is 10.7 Å². The van der Waals surface area contributed by atoms with Crippen LogP contribution in [0.1, 0.15) is 12.5 Å². The van der Waals surface area contributed by atoms with Crippen molar-refractivity contribution < 1.29 is 4.79 Å². The molecule has 4 nitrogen and oxygen atoms in total. The van der Waals surface area contributed by atoms with Crippen molar-refractivity contribution in [3.8, 4) is 0 Å². The molecule has 1 unspecified atom stereocenters. The minimum atomic E-state index is -0.627. The van der Waals surface area contributed by atoms with E-state index in [9.17, 15) is 4.79 Å². The second-order valence-corrected chi connectivity index (χ2v) is 5.28. The molecule has 2 aromatic carbocycles. The summed E-state index contributed by atoms with van der Waals surface area (Å²) in [5.41, 5.74) is 4.30. The molecule has 2 amide bonds. The van der Waals surface area contributed by atoms with Crippen LogP contribution in [0.25, 0.3) is 0 Å². The quantitative estimate of drug-likeness (QED) is 0.890. The van der Waals surface area contributed by atoms with Crippen LogP contribution in [0.4, 0.5) is 10.5 Å². The van der Waals surface area contributed by atoms with Crippen LogP contribution in [0, 0.1) is 0 Å². The van der Waals surface area contributed by atoms with Crippen LogP contribution >= 0.6 is 11.6 Å². The standard InChI is InChI=1S/C15H14ClN3O/c1-15(11-5-3-2-4-6-11)17-14(20)19(18-15)13-9-7-12(16)8-10-13/h2-10,18H,1H3,(H,17,20). The molecular formula is C15H14ClN3O. The van der Waals surface area contributed by atoms with E-state index >= 15 is 0 Å². The second kappa shape index (κ2) is 4.81. The van der Waals surface area contributed by atoms with E-state index < -0.39 is 5.66 Å². The van der Waals surface area contributed by atoms with Gasteiger partial charge in [-0.15, -0.1) is 0 Å². The first-order valence-corrected chi connectivity index (χ1v) is 6.67. The Labute approximate surface area is 122 Å². The zero-order chi connectivity index (χ0) is 14.2. The Morgan fingerprint density at radius 1 is 1.05 bits per heavy atom. The highest BCUT2D eigenvalue weighted by molar-refractivity contribution is 6.30. The molecule has 0 radical (unpaired) electrons. The molecule has 20 heavy (non-hydrogen) atoms. The van der Waals surface area contributed by atoms with Crippen LogP contribution in [0.2, 0.25) is 5.02 Å². The number of carbonyl (C=O) groups excluding carboxylic acids is 1. The van der Waals surface area contributed by atoms with Gasteiger partial charge in [-0.25, -0.2) is 9.80 Å². The first-order valence-electron chi connectivity index (χ1n) is 6.30. The predicted octanol–water partition coefficient (Wildman–Crippen LogP) is 3.25. The van der Waals surface area contributed by atoms with E-state index in [1.807, 2.05) is 37.3 Å². The molecule has 5 heteroatoms. The summed E-state index contributed by atoms with van der Waals surface area (Å²) < 4.78 is 0. The predicted molar refractivity (Wildman–Crippen MR) is 79.4 cm³/mol. The van der Waals surface area contributed by atoms with Gasteiger partial charge < -0.3 is 5.32 Å². The average molecular weight is 288 g/mol. The number of carbonyl (C=O) groups is 1. The number of hydrogen-bond acceptors (Lipinski definition) is 2. The summed E-state index contributed by atoms with van der Waals surface area (Å²) >= 11 is 5.87. The van der Waals surface area contributed by atoms with Gasteiger partial charge >= 0.3 is 6.03 Å². The van der Waals surface area contributed by atoms with Crippen molar-refractivity contribution in [3.05, 3.63) is 65.2 Å². The third kappa shape index (κ3) is 2.24. The van der Waals surface area contributed by atoms with Crippen molar-refractivity contribution in [1.82, 2.24) is 10.7 Å². The van der Waals surface area contributed by atoms with E-state index in [1.54, 1.807) is 24.3 Å². The fraction of sp³-hybridized carbons (Fsp3) is 0.133. The second-order valence-electron chi connectivity index (χ2n) is 4.84. The lowest BCUT2D eigenvalue weighted by Crippen LogP contribution is -2.45. The van der Waals surface area contributed by atoms with Gasteiger partial charge in [-0.05, 0) is 36.8 Å². The van der Waals surface area contributed by atoms with Crippen molar-refractivity contribution in [2.45, 2.75) is 12.6 Å². The molecule has 1 aliphatic heterocycles. The molecule has 102 valence electrons. The van der Waals surface area contributed by atoms with Crippen LogP contribution in [0.15, 0.2) is 54.6 Å². The molecule has 1 aliphatic rings. The third-order valence-corrected chi connectivity index (χ3v) is 3.58. The Morgan fingerprint density at radius 2 is 1.70 bits per heavy atom. The van der Waals surface area contributed by atoms with E-state index in [0.29, 0.717) is 5.02 Å². The maximum atomic E-state index is 12.2. The van der Waals surface area contributed by atoms with Crippen LogP contribution in [0.5, 0.6) is 0 Å². The number of rotatable bonds is 2. The highest BCUT2D eigenvalue weighted by atomic mass is 35.5. The Bertz CT molecular complexity index is 629. The maximum Gasteiger partial charge on any atom is 0.338 e. The zero-order valence-corrected chi connectivity index (χ0v) is 11.7. The van der Waals surface area contributed by atoms with Crippen molar-refractivity contribution in [3.63, 3.8) is 0 Å². The highest BCUT2D eigenvalue weighted by Crippen LogP contribution is 2.26. The molecule has 0 spiro atoms. The minimum Gasteiger partial charge on any atom is -0.313 e. The number of amides is 2. The molecule has 0 bridgehead atoms. The van der Waals surface area contributed by atoms with Gasteiger partial charge in [0.15, 0.2) is 0 Å². The topological polar surface area (TPSA) is 44.4 Å². The molecule has 1 saturated heterocycles. The highest BCUT2D eigenvalue weighted by Gasteiger charge is 2.40. The fourth-order valence-corrected chi connectivity index (χ4v) is 2.38. The fourth-order valence-electron chi connectivity index (χ4n) is 2.25. The lowest BCUT2D eigenvalue weighted by Gasteiger charge is -2.25. The van der Waals surface area contributed by atoms with E-state index in [4.69, 9.17) is 11.6 Å². The zero-order valence-electron chi connectivity index (χ0n) is 10.9. The number of nitrogens with zero attached hydrogens (tertiary/aromatic N) is 1. The van der Waals surface area contributed by atoms with Crippen molar-refractivity contribution in [2.75, 3.05) is 5.01 Å². The lowest BCUT2D eigenvalue weighted by atomic mass is 10.0. The molecule has 2 aromatic rings. The summed E-state index contributed by atoms with van der Waals surface area (Å²) in [5, 5.41) is 5.08. The van der Waals surface area contributed by atoms with Gasteiger partial charge in [-0.1, -0.05) is 41.9 Å². The molecule has 0 aromatic heterocycles. The van der Waals surface area contributed by atoms with Gasteiger partial charge in [0.1, 0.15) is 5.66 Å². The minimum absolute atomic E-state index is 0.196. The summed E-state index contributed by atoms with van der Waals surface area (Å²) in [6.07, 6.45) is 0. The molecule has 1 atom stereocenters. The van der Waals surface area contributed by atoms with Gasteiger partial charge in [-0.3, -0.25) is 0 Å². The van der Waals surface area contributed by atoms with Gasteiger partial charge in [0.25, 0.3) is 0 Å². The number of hydrazine groups is 1. The SMILES string of the molecule is CC1(c2ccccc2)NC(=O)N(c2ccc(Cl)cc2)N1. The number of hydrogen-bond donors (Lipinski definition) is 2. The number of anilines is 1. The maximum absolute atomic E-state index is 12.2. The number of benzene rings is 2.